The molecule has 58 valence electrons. The Morgan fingerprint density at radius 1 is 1.40 bits per heavy atom. The molecule has 0 rings (SSSR count). The van der Waals surface area contributed by atoms with Crippen molar-refractivity contribution < 1.29 is 0 Å². The summed E-state index contributed by atoms with van der Waals surface area (Å²) in [4.78, 5) is 1.06. The van der Waals surface area contributed by atoms with E-state index in [4.69, 9.17) is 0 Å². The lowest BCUT2D eigenvalue weighted by atomic mass is 10.5. The lowest BCUT2D eigenvalue weighted by molar-refractivity contribution is 1.50. The summed E-state index contributed by atoms with van der Waals surface area (Å²) in [6, 6.07) is 0. The van der Waals surface area contributed by atoms with E-state index in [9.17, 15) is 0 Å². The van der Waals surface area contributed by atoms with Crippen LogP contribution in [-0.2, 0) is 0 Å². The first-order valence-electron chi connectivity index (χ1n) is 3.33. The first-order chi connectivity index (χ1) is 4.81. The van der Waals surface area contributed by atoms with E-state index in [2.05, 4.69) is 13.2 Å². The average molecular weight is 156 g/mol. The van der Waals surface area contributed by atoms with Gasteiger partial charge in [0.05, 0.1) is 0 Å². The van der Waals surface area contributed by atoms with Gasteiger partial charge < -0.3 is 0 Å². The Kier molecular flexibility index (Phi) is 14.0. The van der Waals surface area contributed by atoms with Gasteiger partial charge in [-0.25, -0.2) is 0 Å². The first-order valence-corrected chi connectivity index (χ1v) is 4.55. The summed E-state index contributed by atoms with van der Waals surface area (Å²) in [6.07, 6.45) is 7.54. The van der Waals surface area contributed by atoms with E-state index in [1.165, 1.54) is 0 Å². The molecular weight excluding hydrogens is 140 g/mol. The maximum atomic E-state index is 3.74. The third kappa shape index (κ3) is 10.5. The molecule has 0 heterocycles. The van der Waals surface area contributed by atoms with Crippen LogP contribution in [0.3, 0.4) is 0 Å². The second-order valence-electron chi connectivity index (χ2n) is 1.27. The highest BCUT2D eigenvalue weighted by Crippen LogP contribution is 2.08. The third-order valence-electron chi connectivity index (χ3n) is 0.680. The van der Waals surface area contributed by atoms with Gasteiger partial charge in [-0.05, 0) is 17.2 Å². The second kappa shape index (κ2) is 11.4. The van der Waals surface area contributed by atoms with E-state index >= 15 is 0 Å². The van der Waals surface area contributed by atoms with Crippen LogP contribution in [0.1, 0.15) is 13.8 Å². The van der Waals surface area contributed by atoms with E-state index in [-0.39, 0.29) is 0 Å². The summed E-state index contributed by atoms with van der Waals surface area (Å²) in [5, 5.41) is 0. The van der Waals surface area contributed by atoms with Crippen LogP contribution in [0.15, 0.2) is 36.3 Å². The molecule has 0 aromatic heterocycles. The van der Waals surface area contributed by atoms with Gasteiger partial charge in [0, 0.05) is 0 Å². The maximum absolute atomic E-state index is 3.74. The molecule has 0 saturated carbocycles. The molecule has 0 bridgehead atoms. The van der Waals surface area contributed by atoms with Crippen LogP contribution < -0.4 is 0 Å². The normalized spacial score (nSPS) is 8.30. The molecule has 0 aliphatic rings. The van der Waals surface area contributed by atoms with Gasteiger partial charge in [0.2, 0.25) is 0 Å². The van der Waals surface area contributed by atoms with Crippen LogP contribution >= 0.6 is 11.8 Å². The molecule has 0 N–H and O–H groups in total. The van der Waals surface area contributed by atoms with E-state index in [1.807, 2.05) is 32.3 Å². The van der Waals surface area contributed by atoms with E-state index < -0.39 is 0 Å². The smallest absolute Gasteiger partial charge is 0.000286 e. The van der Waals surface area contributed by atoms with Gasteiger partial charge in [0.15, 0.2) is 0 Å². The van der Waals surface area contributed by atoms with Crippen LogP contribution in [0.4, 0.5) is 0 Å². The molecule has 0 nitrogen and oxygen atoms in total. The molecule has 0 aliphatic heterocycles. The lowest BCUT2D eigenvalue weighted by Crippen LogP contribution is -1.58. The van der Waals surface area contributed by atoms with Gasteiger partial charge in [0.25, 0.3) is 0 Å². The third-order valence-corrected chi connectivity index (χ3v) is 1.34. The summed E-state index contributed by atoms with van der Waals surface area (Å²) in [7, 11) is 0. The Morgan fingerprint density at radius 2 is 1.90 bits per heavy atom. The van der Waals surface area contributed by atoms with Gasteiger partial charge in [-0.2, -0.15) is 0 Å². The van der Waals surface area contributed by atoms with Crippen LogP contribution in [-0.4, -0.2) is 6.26 Å². The Morgan fingerprint density at radius 3 is 2.20 bits per heavy atom. The first kappa shape index (κ1) is 12.3. The van der Waals surface area contributed by atoms with Crippen LogP contribution in [0.5, 0.6) is 0 Å². The van der Waals surface area contributed by atoms with Crippen molar-refractivity contribution in [3.8, 4) is 0 Å². The molecule has 0 aliphatic carbocycles. The predicted octanol–water partition coefficient (Wildman–Crippen LogP) is 3.63. The van der Waals surface area contributed by atoms with Gasteiger partial charge in [0.1, 0.15) is 0 Å². The SMILES string of the molecule is C=C/C=C\C(=C)SC.CC. The molecular formula is C9H16S. The average Bonchev–Trinajstić information content (AvgIpc) is 2.04. The Hall–Kier alpha value is -0.430. The highest BCUT2D eigenvalue weighted by atomic mass is 32.2. The predicted molar refractivity (Wildman–Crippen MR) is 53.3 cm³/mol. The van der Waals surface area contributed by atoms with Crippen molar-refractivity contribution in [3.05, 3.63) is 36.3 Å². The standard InChI is InChI=1S/C7H10S.C2H6/c1-4-5-6-7(2)8-3;1-2/h4-6H,1-2H2,3H3;1-2H3/b6-5-;. The molecule has 0 atom stereocenters. The molecule has 10 heavy (non-hydrogen) atoms. The minimum Gasteiger partial charge on any atom is -0.130 e. The van der Waals surface area contributed by atoms with E-state index in [1.54, 1.807) is 17.8 Å². The maximum Gasteiger partial charge on any atom is -0.000286 e. The summed E-state index contributed by atoms with van der Waals surface area (Å²) in [6.45, 7) is 11.3. The summed E-state index contributed by atoms with van der Waals surface area (Å²) < 4.78 is 0. The minimum absolute atomic E-state index is 1.06. The highest BCUT2D eigenvalue weighted by molar-refractivity contribution is 8.02. The fourth-order valence-corrected chi connectivity index (χ4v) is 0.458. The number of hydrogen-bond acceptors (Lipinski definition) is 1. The second-order valence-corrected chi connectivity index (χ2v) is 2.20. The van der Waals surface area contributed by atoms with E-state index in [0.717, 1.165) is 4.91 Å². The fourth-order valence-electron chi connectivity index (χ4n) is 0.243. The van der Waals surface area contributed by atoms with Gasteiger partial charge in [-0.15, -0.1) is 11.8 Å². The number of rotatable bonds is 3. The van der Waals surface area contributed by atoms with Gasteiger partial charge in [-0.3, -0.25) is 0 Å². The molecule has 0 amide bonds. The van der Waals surface area contributed by atoms with E-state index in [0.29, 0.717) is 0 Å². The Bertz CT molecular complexity index is 112. The molecule has 0 saturated heterocycles. The van der Waals surface area contributed by atoms with Crippen molar-refractivity contribution in [1.29, 1.82) is 0 Å². The van der Waals surface area contributed by atoms with Crippen molar-refractivity contribution in [1.82, 2.24) is 0 Å². The van der Waals surface area contributed by atoms with Gasteiger partial charge in [-0.1, -0.05) is 39.2 Å². The quantitative estimate of drug-likeness (QED) is 0.562. The topological polar surface area (TPSA) is 0 Å². The van der Waals surface area contributed by atoms with Crippen molar-refractivity contribution >= 4 is 11.8 Å². The monoisotopic (exact) mass is 156 g/mol. The molecule has 0 unspecified atom stereocenters. The largest absolute Gasteiger partial charge is 0.130 e. The van der Waals surface area contributed by atoms with Crippen LogP contribution in [0, 0.1) is 0 Å². The number of thioether (sulfide) groups is 1. The van der Waals surface area contributed by atoms with Crippen LogP contribution in [0.25, 0.3) is 0 Å². The molecule has 0 spiro atoms. The van der Waals surface area contributed by atoms with Gasteiger partial charge >= 0.3 is 0 Å². The molecule has 0 aromatic rings. The lowest BCUT2D eigenvalue weighted by Gasteiger charge is -1.86. The minimum atomic E-state index is 1.06. The number of hydrogen-bond donors (Lipinski definition) is 0. The number of allylic oxidation sites excluding steroid dienone is 3. The summed E-state index contributed by atoms with van der Waals surface area (Å²) >= 11 is 1.64. The zero-order valence-corrected chi connectivity index (χ0v) is 7.87. The summed E-state index contributed by atoms with van der Waals surface area (Å²) in [5.74, 6) is 0. The van der Waals surface area contributed by atoms with Crippen molar-refractivity contribution in [2.45, 2.75) is 13.8 Å². The van der Waals surface area contributed by atoms with Crippen LogP contribution in [0.2, 0.25) is 0 Å². The van der Waals surface area contributed by atoms with Crippen molar-refractivity contribution in [2.75, 3.05) is 6.26 Å². The Balaban J connectivity index is 0. The molecule has 0 aromatic carbocycles. The Labute approximate surface area is 68.7 Å². The van der Waals surface area contributed by atoms with Crippen molar-refractivity contribution in [3.63, 3.8) is 0 Å². The zero-order chi connectivity index (χ0) is 8.41. The zero-order valence-electron chi connectivity index (χ0n) is 7.05. The molecule has 0 radical (unpaired) electrons. The highest BCUT2D eigenvalue weighted by Gasteiger charge is 1.76. The van der Waals surface area contributed by atoms with Crippen molar-refractivity contribution in [2.24, 2.45) is 0 Å². The fraction of sp³-hybridized carbons (Fsp3) is 0.333. The molecule has 0 fully saturated rings. The summed E-state index contributed by atoms with van der Waals surface area (Å²) in [5.41, 5.74) is 0. The molecule has 1 heteroatoms.